The lowest BCUT2D eigenvalue weighted by Crippen LogP contribution is -2.40. The third kappa shape index (κ3) is 8.85. The largest absolute Gasteiger partial charge is 0.281 e. The molecule has 0 aliphatic carbocycles. The summed E-state index contributed by atoms with van der Waals surface area (Å²) in [7, 11) is 0. The van der Waals surface area contributed by atoms with E-state index < -0.39 is 0 Å². The maximum absolute atomic E-state index is 2.54. The Hall–Kier alpha value is -1.54. The molecule has 0 aromatic carbocycles. The Balaban J connectivity index is 3.33. The van der Waals surface area contributed by atoms with Gasteiger partial charge in [-0.2, -0.15) is 0 Å². The van der Waals surface area contributed by atoms with Crippen molar-refractivity contribution in [3.8, 4) is 0 Å². The number of hydrogen-bond acceptors (Lipinski definition) is 2. The Morgan fingerprint density at radius 2 is 1.74 bits per heavy atom. The molecule has 2 atom stereocenters. The van der Waals surface area contributed by atoms with E-state index >= 15 is 0 Å². The van der Waals surface area contributed by atoms with E-state index in [1.807, 2.05) is 0 Å². The molecular weight excluding hydrogens is 376 g/mol. The fourth-order valence-electron chi connectivity index (χ4n) is 3.88. The molecule has 176 valence electrons. The van der Waals surface area contributed by atoms with Crippen LogP contribution in [0.15, 0.2) is 59.0 Å². The van der Waals surface area contributed by atoms with Crippen molar-refractivity contribution in [1.82, 2.24) is 10.0 Å². The van der Waals surface area contributed by atoms with Crippen molar-refractivity contribution in [1.29, 1.82) is 0 Å². The van der Waals surface area contributed by atoms with Crippen molar-refractivity contribution in [2.75, 3.05) is 13.1 Å². The summed E-state index contributed by atoms with van der Waals surface area (Å²) < 4.78 is 0. The first-order valence-electron chi connectivity index (χ1n) is 12.9. The van der Waals surface area contributed by atoms with E-state index in [2.05, 4.69) is 102 Å². The van der Waals surface area contributed by atoms with E-state index in [1.54, 1.807) is 0 Å². The van der Waals surface area contributed by atoms with E-state index in [1.165, 1.54) is 54.5 Å². The van der Waals surface area contributed by atoms with Crippen LogP contribution in [0.1, 0.15) is 100 Å². The number of hydrogen-bond donors (Lipinski definition) is 0. The lowest BCUT2D eigenvalue weighted by Gasteiger charge is -2.37. The molecule has 0 saturated carbocycles. The molecule has 2 unspecified atom stereocenters. The van der Waals surface area contributed by atoms with Crippen LogP contribution >= 0.6 is 0 Å². The maximum atomic E-state index is 2.54. The van der Waals surface area contributed by atoms with E-state index in [0.717, 1.165) is 31.8 Å². The minimum Gasteiger partial charge on any atom is -0.281 e. The Labute approximate surface area is 194 Å². The summed E-state index contributed by atoms with van der Waals surface area (Å²) in [6.07, 6.45) is 22.5. The summed E-state index contributed by atoms with van der Waals surface area (Å²) in [6.45, 7) is 20.5. The molecule has 0 N–H and O–H groups in total. The van der Waals surface area contributed by atoms with Crippen molar-refractivity contribution >= 4 is 0 Å². The van der Waals surface area contributed by atoms with Crippen LogP contribution in [0.2, 0.25) is 0 Å². The van der Waals surface area contributed by atoms with Gasteiger partial charge < -0.3 is 0 Å². The molecule has 0 bridgehead atoms. The number of nitrogens with zero attached hydrogens (tertiary/aromatic N) is 2. The second kappa shape index (κ2) is 15.3. The topological polar surface area (TPSA) is 6.48 Å². The molecule has 2 nitrogen and oxygen atoms in total. The zero-order valence-corrected chi connectivity index (χ0v) is 21.9. The zero-order chi connectivity index (χ0) is 23.2. The third-order valence-electron chi connectivity index (χ3n) is 6.67. The monoisotopic (exact) mass is 426 g/mol. The van der Waals surface area contributed by atoms with Crippen molar-refractivity contribution in [3.63, 3.8) is 0 Å². The van der Waals surface area contributed by atoms with Gasteiger partial charge >= 0.3 is 0 Å². The average Bonchev–Trinajstić information content (AvgIpc) is 2.79. The highest BCUT2D eigenvalue weighted by molar-refractivity contribution is 5.52. The number of allylic oxidation sites excluding steroid dienone is 8. The highest BCUT2D eigenvalue weighted by Gasteiger charge is 2.20. The van der Waals surface area contributed by atoms with Crippen LogP contribution in [-0.4, -0.2) is 23.1 Å². The van der Waals surface area contributed by atoms with Crippen LogP contribution in [0.4, 0.5) is 0 Å². The second-order valence-corrected chi connectivity index (χ2v) is 9.19. The summed E-state index contributed by atoms with van der Waals surface area (Å²) in [5.74, 6) is 1.33. The van der Waals surface area contributed by atoms with Gasteiger partial charge in [0, 0.05) is 19.3 Å². The molecule has 0 aromatic heterocycles. The maximum Gasteiger partial charge on any atom is 0.0531 e. The first kappa shape index (κ1) is 27.5. The lowest BCUT2D eigenvalue weighted by atomic mass is 9.89. The Morgan fingerprint density at radius 1 is 1.00 bits per heavy atom. The fourth-order valence-corrected chi connectivity index (χ4v) is 3.88. The molecular formula is C29H50N2. The van der Waals surface area contributed by atoms with Gasteiger partial charge in [0.25, 0.3) is 0 Å². The van der Waals surface area contributed by atoms with E-state index in [-0.39, 0.29) is 0 Å². The van der Waals surface area contributed by atoms with Crippen LogP contribution in [0.3, 0.4) is 0 Å². The molecule has 0 amide bonds. The van der Waals surface area contributed by atoms with Crippen LogP contribution < -0.4 is 0 Å². The quantitative estimate of drug-likeness (QED) is 0.202. The SMILES string of the molecule is C/C=C1/C=CC(C(/C=C\CC(C)CC)=C(/C)C(C)CC)=CN1N(CCC)CCCCC. The third-order valence-corrected chi connectivity index (χ3v) is 6.67. The molecule has 1 rings (SSSR count). The standard InChI is InChI=1S/C29H50N2/c1-9-14-15-22-30(21-10-2)31-23-27(19-20-28(31)13-5)29(26(8)25(7)12-4)18-16-17-24(6)11-3/h13,16,18-20,23-25H,9-12,14-15,17,21-22H2,1-8H3/b18-16-,28-13-,29-26-. The van der Waals surface area contributed by atoms with Crippen LogP contribution in [0, 0.1) is 11.8 Å². The van der Waals surface area contributed by atoms with Gasteiger partial charge in [-0.3, -0.25) is 5.01 Å². The summed E-state index contributed by atoms with van der Waals surface area (Å²) >= 11 is 0. The summed E-state index contributed by atoms with van der Waals surface area (Å²) in [5, 5.41) is 4.95. The number of hydrazine groups is 1. The summed E-state index contributed by atoms with van der Waals surface area (Å²) in [6, 6.07) is 0. The molecule has 0 saturated heterocycles. The van der Waals surface area contributed by atoms with Crippen LogP contribution in [0.5, 0.6) is 0 Å². The van der Waals surface area contributed by atoms with Crippen molar-refractivity contribution in [2.24, 2.45) is 11.8 Å². The van der Waals surface area contributed by atoms with Gasteiger partial charge in [0.2, 0.25) is 0 Å². The molecule has 31 heavy (non-hydrogen) atoms. The fraction of sp³-hybridized carbons (Fsp3) is 0.655. The molecule has 0 spiro atoms. The van der Waals surface area contributed by atoms with Crippen LogP contribution in [-0.2, 0) is 0 Å². The zero-order valence-electron chi connectivity index (χ0n) is 21.9. The summed E-state index contributed by atoms with van der Waals surface area (Å²) in [5.41, 5.74) is 5.51. The molecule has 0 fully saturated rings. The Bertz CT molecular complexity index is 662. The molecule has 0 radical (unpaired) electrons. The first-order chi connectivity index (χ1) is 14.9. The smallest absolute Gasteiger partial charge is 0.0531 e. The van der Waals surface area contributed by atoms with Gasteiger partial charge in [0.1, 0.15) is 0 Å². The minimum atomic E-state index is 0.588. The van der Waals surface area contributed by atoms with Crippen molar-refractivity contribution in [3.05, 3.63) is 59.0 Å². The van der Waals surface area contributed by atoms with E-state index in [9.17, 15) is 0 Å². The lowest BCUT2D eigenvalue weighted by molar-refractivity contribution is 0.0548. The normalized spacial score (nSPS) is 18.7. The van der Waals surface area contributed by atoms with Gasteiger partial charge in [0.05, 0.1) is 5.70 Å². The van der Waals surface area contributed by atoms with Gasteiger partial charge in [-0.05, 0) is 68.6 Å². The molecule has 0 aromatic rings. The highest BCUT2D eigenvalue weighted by Crippen LogP contribution is 2.30. The van der Waals surface area contributed by atoms with E-state index in [0.29, 0.717) is 5.92 Å². The van der Waals surface area contributed by atoms with Crippen molar-refractivity contribution in [2.45, 2.75) is 100 Å². The molecule has 2 heteroatoms. The Kier molecular flexibility index (Phi) is 13.6. The van der Waals surface area contributed by atoms with E-state index in [4.69, 9.17) is 0 Å². The first-order valence-corrected chi connectivity index (χ1v) is 12.9. The van der Waals surface area contributed by atoms with Gasteiger partial charge in [-0.15, -0.1) is 0 Å². The molecule has 1 aliphatic heterocycles. The van der Waals surface area contributed by atoms with Gasteiger partial charge in [-0.25, -0.2) is 5.01 Å². The van der Waals surface area contributed by atoms with Gasteiger partial charge in [-0.1, -0.05) is 90.7 Å². The van der Waals surface area contributed by atoms with Gasteiger partial charge in [0.15, 0.2) is 0 Å². The predicted octanol–water partition coefficient (Wildman–Crippen LogP) is 8.82. The second-order valence-electron chi connectivity index (χ2n) is 9.19. The predicted molar refractivity (Wildman–Crippen MR) is 140 cm³/mol. The Morgan fingerprint density at radius 3 is 2.32 bits per heavy atom. The highest BCUT2D eigenvalue weighted by atomic mass is 15.6. The molecule has 1 heterocycles. The number of unbranched alkanes of at least 4 members (excludes halogenated alkanes) is 2. The number of rotatable bonds is 14. The average molecular weight is 427 g/mol. The van der Waals surface area contributed by atoms with Crippen molar-refractivity contribution < 1.29 is 0 Å². The summed E-state index contributed by atoms with van der Waals surface area (Å²) in [4.78, 5) is 0. The minimum absolute atomic E-state index is 0.588. The van der Waals surface area contributed by atoms with Crippen LogP contribution in [0.25, 0.3) is 0 Å². The molecule has 1 aliphatic rings.